The molecule has 0 atom stereocenters. The minimum absolute atomic E-state index is 0.132. The smallest absolute Gasteiger partial charge is 0.319 e. The molecule has 5 heteroatoms. The number of hydrogen-bond donors (Lipinski definition) is 2. The van der Waals surface area contributed by atoms with Crippen LogP contribution in [0.25, 0.3) is 0 Å². The molecule has 0 bridgehead atoms. The Hall–Kier alpha value is -1.59. The number of nitrogens with zero attached hydrogens (tertiary/aromatic N) is 1. The Morgan fingerprint density at radius 1 is 1.33 bits per heavy atom. The highest BCUT2D eigenvalue weighted by Gasteiger charge is 2.11. The van der Waals surface area contributed by atoms with Crippen LogP contribution in [-0.4, -0.2) is 50.3 Å². The maximum atomic E-state index is 12.0. The van der Waals surface area contributed by atoms with Gasteiger partial charge in [-0.3, -0.25) is 4.90 Å². The van der Waals surface area contributed by atoms with Crippen molar-refractivity contribution in [3.8, 4) is 0 Å². The monoisotopic (exact) mass is 291 g/mol. The molecule has 2 amide bonds. The van der Waals surface area contributed by atoms with Crippen LogP contribution < -0.4 is 10.6 Å². The van der Waals surface area contributed by atoms with Crippen molar-refractivity contribution in [2.75, 3.05) is 44.7 Å². The standard InChI is InChI=1S/C16H25N3O2/c1-3-14-6-4-5-13(2)15(14)18-16(20)17-7-8-19-9-11-21-12-10-19/h4-6H,3,7-12H2,1-2H3,(H2,17,18,20). The van der Waals surface area contributed by atoms with Gasteiger partial charge in [0, 0.05) is 31.9 Å². The van der Waals surface area contributed by atoms with E-state index in [4.69, 9.17) is 4.74 Å². The molecular formula is C16H25N3O2. The highest BCUT2D eigenvalue weighted by atomic mass is 16.5. The van der Waals surface area contributed by atoms with E-state index in [9.17, 15) is 4.79 Å². The second-order valence-corrected chi connectivity index (χ2v) is 5.30. The summed E-state index contributed by atoms with van der Waals surface area (Å²) in [4.78, 5) is 14.3. The van der Waals surface area contributed by atoms with Crippen LogP contribution in [0.2, 0.25) is 0 Å². The first-order valence-electron chi connectivity index (χ1n) is 7.64. The summed E-state index contributed by atoms with van der Waals surface area (Å²) in [7, 11) is 0. The van der Waals surface area contributed by atoms with Gasteiger partial charge in [0.25, 0.3) is 0 Å². The third-order valence-electron chi connectivity index (χ3n) is 3.80. The van der Waals surface area contributed by atoms with Crippen molar-refractivity contribution < 1.29 is 9.53 Å². The number of hydrogen-bond acceptors (Lipinski definition) is 3. The van der Waals surface area contributed by atoms with Crippen LogP contribution in [0.15, 0.2) is 18.2 Å². The van der Waals surface area contributed by atoms with Crippen LogP contribution in [0, 0.1) is 6.92 Å². The van der Waals surface area contributed by atoms with Crippen molar-refractivity contribution in [1.29, 1.82) is 0 Å². The predicted molar refractivity (Wildman–Crippen MR) is 84.8 cm³/mol. The molecule has 0 aromatic heterocycles. The van der Waals surface area contributed by atoms with Crippen molar-refractivity contribution in [2.24, 2.45) is 0 Å². The van der Waals surface area contributed by atoms with Crippen LogP contribution in [0.1, 0.15) is 18.1 Å². The number of amides is 2. The lowest BCUT2D eigenvalue weighted by Crippen LogP contribution is -2.42. The Morgan fingerprint density at radius 3 is 2.81 bits per heavy atom. The van der Waals surface area contributed by atoms with E-state index in [1.165, 1.54) is 5.56 Å². The van der Waals surface area contributed by atoms with E-state index >= 15 is 0 Å². The molecule has 1 saturated heterocycles. The van der Waals surface area contributed by atoms with Crippen molar-refractivity contribution in [3.05, 3.63) is 29.3 Å². The van der Waals surface area contributed by atoms with Gasteiger partial charge in [-0.1, -0.05) is 25.1 Å². The summed E-state index contributed by atoms with van der Waals surface area (Å²) in [6, 6.07) is 5.96. The molecule has 1 aromatic carbocycles. The molecule has 1 aromatic rings. The minimum Gasteiger partial charge on any atom is -0.379 e. The quantitative estimate of drug-likeness (QED) is 0.872. The molecule has 0 unspecified atom stereocenters. The normalized spacial score (nSPS) is 15.7. The molecule has 2 N–H and O–H groups in total. The van der Waals surface area contributed by atoms with Crippen molar-refractivity contribution >= 4 is 11.7 Å². The number of nitrogens with one attached hydrogen (secondary N) is 2. The number of anilines is 1. The fourth-order valence-electron chi connectivity index (χ4n) is 2.51. The second-order valence-electron chi connectivity index (χ2n) is 5.30. The van der Waals surface area contributed by atoms with Gasteiger partial charge in [0.05, 0.1) is 13.2 Å². The number of ether oxygens (including phenoxy) is 1. The first kappa shape index (κ1) is 15.8. The van der Waals surface area contributed by atoms with Crippen LogP contribution in [-0.2, 0) is 11.2 Å². The lowest BCUT2D eigenvalue weighted by Gasteiger charge is -2.26. The van der Waals surface area contributed by atoms with Crippen LogP contribution in [0.3, 0.4) is 0 Å². The van der Waals surface area contributed by atoms with Crippen LogP contribution in [0.5, 0.6) is 0 Å². The molecule has 21 heavy (non-hydrogen) atoms. The zero-order valence-electron chi connectivity index (χ0n) is 12.9. The van der Waals surface area contributed by atoms with Gasteiger partial charge in [-0.25, -0.2) is 4.79 Å². The van der Waals surface area contributed by atoms with Crippen molar-refractivity contribution in [2.45, 2.75) is 20.3 Å². The molecule has 1 aliphatic rings. The molecule has 0 aliphatic carbocycles. The number of rotatable bonds is 5. The Morgan fingerprint density at radius 2 is 2.10 bits per heavy atom. The Balaban J connectivity index is 1.79. The number of aryl methyl sites for hydroxylation is 2. The number of benzene rings is 1. The molecule has 0 saturated carbocycles. The molecule has 0 radical (unpaired) electrons. The number of urea groups is 1. The van der Waals surface area contributed by atoms with Gasteiger partial charge in [0.15, 0.2) is 0 Å². The fourth-order valence-corrected chi connectivity index (χ4v) is 2.51. The molecule has 1 fully saturated rings. The third kappa shape index (κ3) is 4.72. The van der Waals surface area contributed by atoms with E-state index in [0.717, 1.165) is 50.5 Å². The van der Waals surface area contributed by atoms with E-state index in [0.29, 0.717) is 6.54 Å². The Kier molecular flexibility index (Phi) is 6.02. The number of carbonyl (C=O) groups excluding carboxylic acids is 1. The average molecular weight is 291 g/mol. The van der Waals surface area contributed by atoms with E-state index in [1.54, 1.807) is 0 Å². The van der Waals surface area contributed by atoms with Gasteiger partial charge in [0.2, 0.25) is 0 Å². The number of para-hydroxylation sites is 1. The molecule has 5 nitrogen and oxygen atoms in total. The highest BCUT2D eigenvalue weighted by Crippen LogP contribution is 2.20. The van der Waals surface area contributed by atoms with Gasteiger partial charge in [-0.2, -0.15) is 0 Å². The van der Waals surface area contributed by atoms with E-state index in [1.807, 2.05) is 19.1 Å². The SMILES string of the molecule is CCc1cccc(C)c1NC(=O)NCCN1CCOCC1. The largest absolute Gasteiger partial charge is 0.379 e. The molecule has 2 rings (SSSR count). The van der Waals surface area contributed by atoms with Crippen molar-refractivity contribution in [3.63, 3.8) is 0 Å². The molecule has 1 heterocycles. The fraction of sp³-hybridized carbons (Fsp3) is 0.562. The molecule has 1 aliphatic heterocycles. The van der Waals surface area contributed by atoms with Crippen molar-refractivity contribution in [1.82, 2.24) is 10.2 Å². The average Bonchev–Trinajstić information content (AvgIpc) is 2.50. The zero-order chi connectivity index (χ0) is 15.1. The molecule has 116 valence electrons. The summed E-state index contributed by atoms with van der Waals surface area (Å²) >= 11 is 0. The summed E-state index contributed by atoms with van der Waals surface area (Å²) in [5.41, 5.74) is 3.19. The topological polar surface area (TPSA) is 53.6 Å². The summed E-state index contributed by atoms with van der Waals surface area (Å²) in [5.74, 6) is 0. The lowest BCUT2D eigenvalue weighted by atomic mass is 10.1. The third-order valence-corrected chi connectivity index (χ3v) is 3.80. The first-order chi connectivity index (χ1) is 10.2. The van der Waals surface area contributed by atoms with Crippen LogP contribution >= 0.6 is 0 Å². The van der Waals surface area contributed by atoms with E-state index < -0.39 is 0 Å². The predicted octanol–water partition coefficient (Wildman–Crippen LogP) is 2.01. The van der Waals surface area contributed by atoms with E-state index in [2.05, 4.69) is 28.5 Å². The van der Waals surface area contributed by atoms with Gasteiger partial charge in [-0.05, 0) is 24.5 Å². The van der Waals surface area contributed by atoms with Gasteiger partial charge in [-0.15, -0.1) is 0 Å². The Labute approximate surface area is 126 Å². The summed E-state index contributed by atoms with van der Waals surface area (Å²) < 4.78 is 5.30. The van der Waals surface area contributed by atoms with Gasteiger partial charge >= 0.3 is 6.03 Å². The zero-order valence-corrected chi connectivity index (χ0v) is 12.9. The second kappa shape index (κ2) is 8.00. The van der Waals surface area contributed by atoms with Gasteiger partial charge in [0.1, 0.15) is 0 Å². The summed E-state index contributed by atoms with van der Waals surface area (Å²) in [5, 5.41) is 5.90. The number of carbonyl (C=O) groups is 1. The summed E-state index contributed by atoms with van der Waals surface area (Å²) in [6.45, 7) is 9.09. The number of morpholine rings is 1. The van der Waals surface area contributed by atoms with Crippen LogP contribution in [0.4, 0.5) is 10.5 Å². The highest BCUT2D eigenvalue weighted by molar-refractivity contribution is 5.91. The van der Waals surface area contributed by atoms with E-state index in [-0.39, 0.29) is 6.03 Å². The Bertz CT molecular complexity index is 471. The maximum Gasteiger partial charge on any atom is 0.319 e. The molecule has 0 spiro atoms. The summed E-state index contributed by atoms with van der Waals surface area (Å²) in [6.07, 6.45) is 0.908. The van der Waals surface area contributed by atoms with Gasteiger partial charge < -0.3 is 15.4 Å². The minimum atomic E-state index is -0.132. The lowest BCUT2D eigenvalue weighted by molar-refractivity contribution is 0.0388. The molecular weight excluding hydrogens is 266 g/mol. The maximum absolute atomic E-state index is 12.0. The first-order valence-corrected chi connectivity index (χ1v) is 7.64.